The summed E-state index contributed by atoms with van der Waals surface area (Å²) in [6, 6.07) is 5.86. The highest BCUT2D eigenvalue weighted by molar-refractivity contribution is 8.38. The highest BCUT2D eigenvalue weighted by Gasteiger charge is 2.11. The molecule has 13 heavy (non-hydrogen) atoms. The Morgan fingerprint density at radius 1 is 1.54 bits per heavy atom. The highest BCUT2D eigenvalue weighted by atomic mass is 35.5. The third kappa shape index (κ3) is 2.03. The van der Waals surface area contributed by atoms with Gasteiger partial charge in [0.1, 0.15) is 4.38 Å². The Labute approximate surface area is 91.0 Å². The van der Waals surface area contributed by atoms with E-state index < -0.39 is 0 Å². The maximum absolute atomic E-state index is 5.88. The molecule has 2 rings (SSSR count). The van der Waals surface area contributed by atoms with E-state index in [0.29, 0.717) is 0 Å². The van der Waals surface area contributed by atoms with Crippen molar-refractivity contribution >= 4 is 45.2 Å². The summed E-state index contributed by atoms with van der Waals surface area (Å²) in [6.45, 7) is 0. The summed E-state index contributed by atoms with van der Waals surface area (Å²) >= 11 is 9.35. The molecular weight excluding hydrogens is 222 g/mol. The number of benzene rings is 1. The molecule has 1 aliphatic heterocycles. The molecule has 1 aliphatic rings. The van der Waals surface area contributed by atoms with Crippen LogP contribution in [-0.4, -0.2) is 10.6 Å². The number of aliphatic imine (C=N–C) groups is 1. The first-order valence-electron chi connectivity index (χ1n) is 3.83. The fraction of sp³-hybridized carbons (Fsp3) is 0.222. The van der Waals surface area contributed by atoms with Crippen molar-refractivity contribution in [1.82, 2.24) is 0 Å². The molecule has 0 radical (unpaired) electrons. The number of nitrogens with zero attached hydrogens (tertiary/aromatic N) is 1. The second-order valence-electron chi connectivity index (χ2n) is 2.64. The van der Waals surface area contributed by atoms with Gasteiger partial charge in [-0.2, -0.15) is 0 Å². The van der Waals surface area contributed by atoms with Crippen molar-refractivity contribution in [3.8, 4) is 0 Å². The lowest BCUT2D eigenvalue weighted by molar-refractivity contribution is 1.36. The van der Waals surface area contributed by atoms with Gasteiger partial charge >= 0.3 is 0 Å². The SMILES string of the molecule is CSC1=Nc2ccc(Cl)cc2CS1. The van der Waals surface area contributed by atoms with Gasteiger partial charge in [0.25, 0.3) is 0 Å². The number of rotatable bonds is 0. The average molecular weight is 230 g/mol. The summed E-state index contributed by atoms with van der Waals surface area (Å²) in [7, 11) is 0. The zero-order valence-corrected chi connectivity index (χ0v) is 9.47. The Balaban J connectivity index is 2.42. The van der Waals surface area contributed by atoms with Gasteiger partial charge in [-0.1, -0.05) is 23.4 Å². The third-order valence-electron chi connectivity index (χ3n) is 1.78. The predicted octanol–water partition coefficient (Wildman–Crippen LogP) is 3.94. The molecule has 68 valence electrons. The van der Waals surface area contributed by atoms with Crippen molar-refractivity contribution in [1.29, 1.82) is 0 Å². The van der Waals surface area contributed by atoms with E-state index in [-0.39, 0.29) is 0 Å². The van der Waals surface area contributed by atoms with E-state index in [4.69, 9.17) is 11.6 Å². The molecule has 0 N–H and O–H groups in total. The van der Waals surface area contributed by atoms with Crippen molar-refractivity contribution in [2.45, 2.75) is 5.75 Å². The minimum Gasteiger partial charge on any atom is -0.235 e. The van der Waals surface area contributed by atoms with E-state index in [0.717, 1.165) is 20.8 Å². The molecule has 0 bridgehead atoms. The van der Waals surface area contributed by atoms with Crippen LogP contribution in [0.15, 0.2) is 23.2 Å². The van der Waals surface area contributed by atoms with Gasteiger partial charge in [0.15, 0.2) is 0 Å². The first-order chi connectivity index (χ1) is 6.29. The summed E-state index contributed by atoms with van der Waals surface area (Å²) < 4.78 is 1.13. The second kappa shape index (κ2) is 3.95. The minimum absolute atomic E-state index is 0.794. The number of hydrogen-bond acceptors (Lipinski definition) is 3. The van der Waals surface area contributed by atoms with Crippen LogP contribution in [0.4, 0.5) is 5.69 Å². The average Bonchev–Trinajstić information content (AvgIpc) is 2.17. The quantitative estimate of drug-likeness (QED) is 0.668. The van der Waals surface area contributed by atoms with Gasteiger partial charge in [0, 0.05) is 10.8 Å². The lowest BCUT2D eigenvalue weighted by Gasteiger charge is -2.13. The fourth-order valence-electron chi connectivity index (χ4n) is 1.15. The summed E-state index contributed by atoms with van der Waals surface area (Å²) in [5.74, 6) is 0.982. The zero-order valence-electron chi connectivity index (χ0n) is 7.08. The van der Waals surface area contributed by atoms with Crippen LogP contribution in [0.5, 0.6) is 0 Å². The standard InChI is InChI=1S/C9H8ClNS2/c1-12-9-11-8-3-2-7(10)4-6(8)5-13-9/h2-4H,5H2,1H3. The van der Waals surface area contributed by atoms with E-state index in [9.17, 15) is 0 Å². The van der Waals surface area contributed by atoms with Gasteiger partial charge < -0.3 is 0 Å². The Bertz CT molecular complexity index is 363. The smallest absolute Gasteiger partial charge is 0.130 e. The van der Waals surface area contributed by atoms with Crippen LogP contribution in [0.3, 0.4) is 0 Å². The molecule has 0 saturated heterocycles. The predicted molar refractivity (Wildman–Crippen MR) is 63.4 cm³/mol. The zero-order chi connectivity index (χ0) is 9.26. The van der Waals surface area contributed by atoms with Crippen LogP contribution in [0.25, 0.3) is 0 Å². The number of hydrogen-bond donors (Lipinski definition) is 0. The summed E-state index contributed by atoms with van der Waals surface area (Å²) in [6.07, 6.45) is 2.05. The molecule has 1 aromatic rings. The largest absolute Gasteiger partial charge is 0.235 e. The molecule has 0 saturated carbocycles. The highest BCUT2D eigenvalue weighted by Crippen LogP contribution is 2.35. The monoisotopic (exact) mass is 229 g/mol. The first kappa shape index (κ1) is 9.44. The maximum Gasteiger partial charge on any atom is 0.130 e. The molecule has 0 fully saturated rings. The van der Waals surface area contributed by atoms with Gasteiger partial charge in [0.05, 0.1) is 5.69 Å². The van der Waals surface area contributed by atoms with Crippen LogP contribution in [-0.2, 0) is 5.75 Å². The van der Waals surface area contributed by atoms with Gasteiger partial charge in [-0.25, -0.2) is 4.99 Å². The Morgan fingerprint density at radius 2 is 2.38 bits per heavy atom. The molecule has 0 amide bonds. The lowest BCUT2D eigenvalue weighted by atomic mass is 10.2. The van der Waals surface area contributed by atoms with Crippen molar-refractivity contribution in [3.63, 3.8) is 0 Å². The van der Waals surface area contributed by atoms with Crippen LogP contribution < -0.4 is 0 Å². The van der Waals surface area contributed by atoms with Gasteiger partial charge in [-0.15, -0.1) is 11.8 Å². The minimum atomic E-state index is 0.794. The molecule has 4 heteroatoms. The first-order valence-corrected chi connectivity index (χ1v) is 6.42. The van der Waals surface area contributed by atoms with E-state index >= 15 is 0 Å². The molecule has 1 heterocycles. The van der Waals surface area contributed by atoms with E-state index in [1.807, 2.05) is 24.5 Å². The lowest BCUT2D eigenvalue weighted by Crippen LogP contribution is -1.94. The Kier molecular flexibility index (Phi) is 2.86. The molecule has 1 nitrogen and oxygen atoms in total. The third-order valence-corrected chi connectivity index (χ3v) is 4.10. The Hall–Kier alpha value is -0.120. The topological polar surface area (TPSA) is 12.4 Å². The van der Waals surface area contributed by atoms with Gasteiger partial charge in [0.2, 0.25) is 0 Å². The molecule has 0 aliphatic carbocycles. The number of fused-ring (bicyclic) bond motifs is 1. The van der Waals surface area contributed by atoms with Crippen molar-refractivity contribution < 1.29 is 0 Å². The van der Waals surface area contributed by atoms with Crippen LogP contribution >= 0.6 is 35.1 Å². The molecule has 0 spiro atoms. The van der Waals surface area contributed by atoms with Gasteiger partial charge in [-0.3, -0.25) is 0 Å². The van der Waals surface area contributed by atoms with Crippen LogP contribution in [0, 0.1) is 0 Å². The van der Waals surface area contributed by atoms with Crippen molar-refractivity contribution in [2.24, 2.45) is 4.99 Å². The maximum atomic E-state index is 5.88. The van der Waals surface area contributed by atoms with E-state index in [2.05, 4.69) is 4.99 Å². The van der Waals surface area contributed by atoms with Crippen molar-refractivity contribution in [3.05, 3.63) is 28.8 Å². The summed E-state index contributed by atoms with van der Waals surface area (Å²) in [4.78, 5) is 4.49. The van der Waals surface area contributed by atoms with Crippen molar-refractivity contribution in [2.75, 3.05) is 6.26 Å². The van der Waals surface area contributed by atoms with Crippen LogP contribution in [0.2, 0.25) is 5.02 Å². The van der Waals surface area contributed by atoms with Gasteiger partial charge in [-0.05, 0) is 30.0 Å². The summed E-state index contributed by atoms with van der Waals surface area (Å²) in [5.41, 5.74) is 2.29. The Morgan fingerprint density at radius 3 is 3.15 bits per heavy atom. The number of halogens is 1. The molecule has 0 aromatic heterocycles. The van der Waals surface area contributed by atoms with Crippen LogP contribution in [0.1, 0.15) is 5.56 Å². The van der Waals surface area contributed by atoms with E-state index in [1.165, 1.54) is 5.56 Å². The second-order valence-corrected chi connectivity index (χ2v) is 5.10. The van der Waals surface area contributed by atoms with E-state index in [1.54, 1.807) is 23.5 Å². The number of thioether (sulfide) groups is 2. The molecule has 0 atom stereocenters. The normalized spacial score (nSPS) is 15.1. The molecular formula is C9H8ClNS2. The fourth-order valence-corrected chi connectivity index (χ4v) is 2.86. The molecule has 0 unspecified atom stereocenters. The summed E-state index contributed by atoms with van der Waals surface area (Å²) in [5, 5.41) is 0.794. The molecule has 1 aromatic carbocycles.